The molecule has 248 valence electrons. The summed E-state index contributed by atoms with van der Waals surface area (Å²) in [5.41, 5.74) is 2.29. The Morgan fingerprint density at radius 2 is 1.47 bits per heavy atom. The fraction of sp³-hybridized carbons (Fsp3) is 0.297. The molecule has 0 spiro atoms. The van der Waals surface area contributed by atoms with Gasteiger partial charge in [0.25, 0.3) is 10.0 Å². The lowest BCUT2D eigenvalue weighted by atomic mass is 10.0. The smallest absolute Gasteiger partial charge is 0.264 e. The Kier molecular flexibility index (Phi) is 11.9. The van der Waals surface area contributed by atoms with Gasteiger partial charge in [-0.1, -0.05) is 76.1 Å². The second-order valence-electron chi connectivity index (χ2n) is 12.3. The highest BCUT2D eigenvalue weighted by atomic mass is 79.9. The minimum Gasteiger partial charge on any atom is -0.494 e. The number of nitrogens with one attached hydrogen (secondary N) is 1. The molecule has 0 saturated heterocycles. The van der Waals surface area contributed by atoms with Crippen LogP contribution < -0.4 is 14.4 Å². The number of rotatable bonds is 13. The number of aryl methyl sites for hydroxylation is 1. The Bertz CT molecular complexity index is 1740. The fourth-order valence-electron chi connectivity index (χ4n) is 5.03. The van der Waals surface area contributed by atoms with Gasteiger partial charge in [-0.25, -0.2) is 8.42 Å². The Labute approximate surface area is 286 Å². The lowest BCUT2D eigenvalue weighted by Gasteiger charge is -2.35. The first-order valence-electron chi connectivity index (χ1n) is 15.5. The molecule has 4 rings (SSSR count). The summed E-state index contributed by atoms with van der Waals surface area (Å²) in [6.07, 6.45) is 0.235. The lowest BCUT2D eigenvalue weighted by Crippen LogP contribution is -2.56. The Morgan fingerprint density at radius 1 is 0.851 bits per heavy atom. The fourth-order valence-corrected chi connectivity index (χ4v) is 6.71. The van der Waals surface area contributed by atoms with Gasteiger partial charge in [-0.2, -0.15) is 0 Å². The number of hydrogen-bond donors (Lipinski definition) is 1. The number of carbonyl (C=O) groups is 2. The molecule has 0 radical (unpaired) electrons. The van der Waals surface area contributed by atoms with Crippen LogP contribution in [0.4, 0.5) is 5.69 Å². The van der Waals surface area contributed by atoms with E-state index in [-0.39, 0.29) is 23.8 Å². The van der Waals surface area contributed by atoms with Crippen molar-refractivity contribution in [3.63, 3.8) is 0 Å². The first-order chi connectivity index (χ1) is 22.3. The molecule has 0 unspecified atom stereocenters. The molecule has 0 fully saturated rings. The van der Waals surface area contributed by atoms with Crippen molar-refractivity contribution in [1.29, 1.82) is 0 Å². The van der Waals surface area contributed by atoms with Gasteiger partial charge in [0.2, 0.25) is 11.8 Å². The van der Waals surface area contributed by atoms with E-state index < -0.39 is 34.1 Å². The third-order valence-electron chi connectivity index (χ3n) is 7.36. The van der Waals surface area contributed by atoms with E-state index in [0.29, 0.717) is 18.0 Å². The van der Waals surface area contributed by atoms with Crippen LogP contribution in [0.25, 0.3) is 0 Å². The summed E-state index contributed by atoms with van der Waals surface area (Å²) in [5.74, 6) is -0.280. The molecule has 2 amide bonds. The van der Waals surface area contributed by atoms with E-state index >= 15 is 0 Å². The number of sulfonamides is 1. The number of anilines is 1. The third kappa shape index (κ3) is 9.92. The van der Waals surface area contributed by atoms with Gasteiger partial charge in [-0.15, -0.1) is 0 Å². The number of benzene rings is 4. The normalized spacial score (nSPS) is 12.2. The summed E-state index contributed by atoms with van der Waals surface area (Å²) in [7, 11) is -4.20. The van der Waals surface area contributed by atoms with Crippen LogP contribution in [0.2, 0.25) is 0 Å². The molecule has 1 atom stereocenters. The lowest BCUT2D eigenvalue weighted by molar-refractivity contribution is -0.140. The average molecular weight is 721 g/mol. The Hall–Kier alpha value is -4.15. The van der Waals surface area contributed by atoms with Crippen LogP contribution in [0.1, 0.15) is 44.4 Å². The van der Waals surface area contributed by atoms with Crippen molar-refractivity contribution in [2.45, 2.75) is 64.1 Å². The van der Waals surface area contributed by atoms with E-state index in [1.165, 1.54) is 17.0 Å². The maximum absolute atomic E-state index is 14.6. The van der Waals surface area contributed by atoms with E-state index in [9.17, 15) is 18.0 Å². The van der Waals surface area contributed by atoms with Crippen LogP contribution in [0.3, 0.4) is 0 Å². The summed E-state index contributed by atoms with van der Waals surface area (Å²) >= 11 is 3.46. The van der Waals surface area contributed by atoms with E-state index in [0.717, 1.165) is 25.5 Å². The minimum absolute atomic E-state index is 0.0514. The van der Waals surface area contributed by atoms with Crippen LogP contribution in [0, 0.1) is 6.92 Å². The molecule has 1 N–H and O–H groups in total. The van der Waals surface area contributed by atoms with Crippen molar-refractivity contribution in [3.05, 3.63) is 124 Å². The first kappa shape index (κ1) is 35.7. The quantitative estimate of drug-likeness (QED) is 0.162. The molecule has 4 aromatic rings. The van der Waals surface area contributed by atoms with Crippen molar-refractivity contribution >= 4 is 43.5 Å². The van der Waals surface area contributed by atoms with Gasteiger partial charge >= 0.3 is 0 Å². The average Bonchev–Trinajstić information content (AvgIpc) is 3.03. The zero-order valence-electron chi connectivity index (χ0n) is 27.4. The molecule has 0 bridgehead atoms. The van der Waals surface area contributed by atoms with Crippen LogP contribution >= 0.6 is 15.9 Å². The number of nitrogens with zero attached hydrogens (tertiary/aromatic N) is 2. The molecule has 8 nitrogen and oxygen atoms in total. The third-order valence-corrected chi connectivity index (χ3v) is 9.68. The molecule has 0 saturated carbocycles. The Morgan fingerprint density at radius 3 is 2.04 bits per heavy atom. The number of halogens is 1. The van der Waals surface area contributed by atoms with Crippen molar-refractivity contribution in [2.24, 2.45) is 0 Å². The SMILES string of the molecule is CCOc1ccc(N(CC(=O)N(Cc2ccc(Br)cc2)[C@@H](Cc2ccccc2)C(=O)NC(C)(C)C)S(=O)(=O)c2ccc(C)cc2)cc1. The van der Waals surface area contributed by atoms with Crippen molar-refractivity contribution < 1.29 is 22.7 Å². The minimum atomic E-state index is -4.20. The second kappa shape index (κ2) is 15.6. The highest BCUT2D eigenvalue weighted by Crippen LogP contribution is 2.27. The van der Waals surface area contributed by atoms with E-state index in [1.54, 1.807) is 36.4 Å². The number of amides is 2. The van der Waals surface area contributed by atoms with Crippen LogP contribution in [-0.4, -0.2) is 49.9 Å². The van der Waals surface area contributed by atoms with Crippen molar-refractivity contribution in [3.8, 4) is 5.75 Å². The van der Waals surface area contributed by atoms with Gasteiger partial charge in [0.05, 0.1) is 17.2 Å². The Balaban J connectivity index is 1.81. The molecule has 0 heterocycles. The summed E-state index contributed by atoms with van der Waals surface area (Å²) in [6.45, 7) is 9.39. The van der Waals surface area contributed by atoms with E-state index in [1.807, 2.05) is 89.2 Å². The van der Waals surface area contributed by atoms with Crippen LogP contribution in [0.15, 0.2) is 112 Å². The highest BCUT2D eigenvalue weighted by Gasteiger charge is 2.35. The van der Waals surface area contributed by atoms with Gasteiger partial charge < -0.3 is 15.0 Å². The largest absolute Gasteiger partial charge is 0.494 e. The van der Waals surface area contributed by atoms with Gasteiger partial charge in [-0.05, 0) is 94.3 Å². The van der Waals surface area contributed by atoms with Crippen LogP contribution in [-0.2, 0) is 32.6 Å². The predicted octanol–water partition coefficient (Wildman–Crippen LogP) is 6.91. The molecule has 0 aliphatic carbocycles. The number of carbonyl (C=O) groups excluding carboxylic acids is 2. The van der Waals surface area contributed by atoms with Crippen molar-refractivity contribution in [2.75, 3.05) is 17.5 Å². The summed E-state index contributed by atoms with van der Waals surface area (Å²) in [6, 6.07) is 29.1. The van der Waals surface area contributed by atoms with E-state index in [2.05, 4.69) is 21.2 Å². The van der Waals surface area contributed by atoms with E-state index in [4.69, 9.17) is 4.74 Å². The zero-order valence-corrected chi connectivity index (χ0v) is 29.8. The maximum atomic E-state index is 14.6. The van der Waals surface area contributed by atoms with Gasteiger partial charge in [0.1, 0.15) is 18.3 Å². The molecule has 0 aromatic heterocycles. The molecular formula is C37H42BrN3O5S. The molecule has 0 aliphatic rings. The number of hydrogen-bond acceptors (Lipinski definition) is 5. The van der Waals surface area contributed by atoms with Crippen LogP contribution in [0.5, 0.6) is 5.75 Å². The zero-order chi connectivity index (χ0) is 34.2. The molecule has 4 aromatic carbocycles. The predicted molar refractivity (Wildman–Crippen MR) is 190 cm³/mol. The standard InChI is InChI=1S/C37H42BrN3O5S/c1-6-46-32-20-18-31(19-21-32)41(47(44,45)33-22-12-27(2)13-23-33)26-35(42)40(25-29-14-16-30(38)17-15-29)34(36(43)39-37(3,4)5)24-28-10-8-7-9-11-28/h7-23,34H,6,24-26H2,1-5H3,(H,39,43)/t34-/m0/s1. The highest BCUT2D eigenvalue weighted by molar-refractivity contribution is 9.10. The summed E-state index contributed by atoms with van der Waals surface area (Å²) in [4.78, 5) is 30.1. The van der Waals surface area contributed by atoms with Gasteiger partial charge in [0.15, 0.2) is 0 Å². The second-order valence-corrected chi connectivity index (χ2v) is 15.1. The van der Waals surface area contributed by atoms with Gasteiger partial charge in [0, 0.05) is 23.0 Å². The molecule has 47 heavy (non-hydrogen) atoms. The summed E-state index contributed by atoms with van der Waals surface area (Å²) < 4.78 is 36.0. The molecule has 10 heteroatoms. The maximum Gasteiger partial charge on any atom is 0.264 e. The molecule has 0 aliphatic heterocycles. The molecular weight excluding hydrogens is 678 g/mol. The monoisotopic (exact) mass is 719 g/mol. The number of ether oxygens (including phenoxy) is 1. The topological polar surface area (TPSA) is 96.0 Å². The van der Waals surface area contributed by atoms with Crippen molar-refractivity contribution in [1.82, 2.24) is 10.2 Å². The van der Waals surface area contributed by atoms with Gasteiger partial charge in [-0.3, -0.25) is 13.9 Å². The summed E-state index contributed by atoms with van der Waals surface area (Å²) in [5, 5.41) is 3.05. The first-order valence-corrected chi connectivity index (χ1v) is 17.7.